The van der Waals surface area contributed by atoms with E-state index in [4.69, 9.17) is 9.47 Å². The van der Waals surface area contributed by atoms with Crippen molar-refractivity contribution in [2.45, 2.75) is 17.7 Å². The van der Waals surface area contributed by atoms with Crippen LogP contribution in [0.5, 0.6) is 11.5 Å². The van der Waals surface area contributed by atoms with Crippen LogP contribution in [0.1, 0.15) is 12.0 Å². The Labute approximate surface area is 193 Å². The Kier molecular flexibility index (Phi) is 6.41. The molecule has 0 unspecified atom stereocenters. The molecule has 3 aromatic carbocycles. The summed E-state index contributed by atoms with van der Waals surface area (Å²) in [5.41, 5.74) is 2.47. The van der Waals surface area contributed by atoms with Crippen LogP contribution in [0.4, 0.5) is 21.9 Å². The number of sulfonamides is 1. The summed E-state index contributed by atoms with van der Waals surface area (Å²) in [4.78, 5) is 12.9. The van der Waals surface area contributed by atoms with Gasteiger partial charge in [0.1, 0.15) is 11.5 Å². The molecule has 0 saturated heterocycles. The van der Waals surface area contributed by atoms with E-state index >= 15 is 0 Å². The summed E-state index contributed by atoms with van der Waals surface area (Å²) in [7, 11) is -0.650. The predicted octanol–water partition coefficient (Wildman–Crippen LogP) is 4.49. The van der Waals surface area contributed by atoms with Gasteiger partial charge in [0.05, 0.1) is 24.8 Å². The third-order valence-electron chi connectivity index (χ3n) is 5.36. The number of hydrogen-bond acceptors (Lipinski definition) is 5. The van der Waals surface area contributed by atoms with Gasteiger partial charge in [-0.25, -0.2) is 13.2 Å². The topological polar surface area (TPSA) is 97.0 Å². The van der Waals surface area contributed by atoms with Crippen LogP contribution in [0.2, 0.25) is 0 Å². The molecule has 9 heteroatoms. The standard InChI is InChI=1S/C24H25N3O5S/c1-31-20-13-19(14-21(16-20)32-2)26-24(28)25-18-11-10-17-7-6-12-27(23(17)15-18)33(29,30)22-8-4-3-5-9-22/h3-5,8-11,13-16H,6-7,12H2,1-2H3,(H2,25,26,28). The molecule has 1 aliphatic heterocycles. The number of methoxy groups -OCH3 is 2. The van der Waals surface area contributed by atoms with Gasteiger partial charge in [-0.1, -0.05) is 24.3 Å². The molecule has 0 atom stereocenters. The molecule has 1 heterocycles. The number of rotatable bonds is 6. The average Bonchev–Trinajstić information content (AvgIpc) is 2.83. The second kappa shape index (κ2) is 9.41. The van der Waals surface area contributed by atoms with Crippen molar-refractivity contribution < 1.29 is 22.7 Å². The summed E-state index contributed by atoms with van der Waals surface area (Å²) in [5, 5.41) is 5.52. The van der Waals surface area contributed by atoms with E-state index in [0.717, 1.165) is 18.4 Å². The fourth-order valence-electron chi connectivity index (χ4n) is 3.76. The lowest BCUT2D eigenvalue weighted by molar-refractivity contribution is 0.262. The predicted molar refractivity (Wildman–Crippen MR) is 128 cm³/mol. The van der Waals surface area contributed by atoms with Gasteiger partial charge < -0.3 is 20.1 Å². The van der Waals surface area contributed by atoms with Gasteiger partial charge >= 0.3 is 6.03 Å². The molecule has 0 fully saturated rings. The smallest absolute Gasteiger partial charge is 0.323 e. The van der Waals surface area contributed by atoms with Crippen LogP contribution in [0, 0.1) is 0 Å². The average molecular weight is 468 g/mol. The zero-order valence-corrected chi connectivity index (χ0v) is 19.2. The molecule has 0 radical (unpaired) electrons. The number of nitrogens with one attached hydrogen (secondary N) is 2. The number of ether oxygens (including phenoxy) is 2. The molecular weight excluding hydrogens is 442 g/mol. The van der Waals surface area contributed by atoms with Crippen LogP contribution in [0.3, 0.4) is 0 Å². The molecular formula is C24H25N3O5S. The van der Waals surface area contributed by atoms with Crippen LogP contribution in [-0.4, -0.2) is 35.2 Å². The Morgan fingerprint density at radius 2 is 1.55 bits per heavy atom. The molecule has 172 valence electrons. The van der Waals surface area contributed by atoms with Crippen molar-refractivity contribution in [3.63, 3.8) is 0 Å². The highest BCUT2D eigenvalue weighted by Gasteiger charge is 2.29. The highest BCUT2D eigenvalue weighted by atomic mass is 32.2. The summed E-state index contributed by atoms with van der Waals surface area (Å²) in [6.45, 7) is 0.378. The van der Waals surface area contributed by atoms with Gasteiger partial charge in [-0.15, -0.1) is 0 Å². The largest absolute Gasteiger partial charge is 0.497 e. The van der Waals surface area contributed by atoms with Gasteiger partial charge in [0, 0.05) is 36.1 Å². The van der Waals surface area contributed by atoms with Gasteiger partial charge in [0.2, 0.25) is 0 Å². The number of hydrogen-bond donors (Lipinski definition) is 2. The summed E-state index contributed by atoms with van der Waals surface area (Å²) in [6.07, 6.45) is 1.50. The van der Waals surface area contributed by atoms with E-state index in [1.807, 2.05) is 6.07 Å². The van der Waals surface area contributed by atoms with E-state index in [0.29, 0.717) is 35.1 Å². The Hall–Kier alpha value is -3.72. The molecule has 2 N–H and O–H groups in total. The minimum Gasteiger partial charge on any atom is -0.497 e. The van der Waals surface area contributed by atoms with Crippen molar-refractivity contribution in [3.05, 3.63) is 72.3 Å². The second-order valence-electron chi connectivity index (χ2n) is 7.52. The van der Waals surface area contributed by atoms with Crippen LogP contribution >= 0.6 is 0 Å². The van der Waals surface area contributed by atoms with E-state index in [9.17, 15) is 13.2 Å². The van der Waals surface area contributed by atoms with Crippen LogP contribution < -0.4 is 24.4 Å². The molecule has 0 aromatic heterocycles. The lowest BCUT2D eigenvalue weighted by Crippen LogP contribution is -2.35. The Morgan fingerprint density at radius 1 is 0.879 bits per heavy atom. The first-order chi connectivity index (χ1) is 15.9. The molecule has 33 heavy (non-hydrogen) atoms. The number of benzene rings is 3. The van der Waals surface area contributed by atoms with Crippen molar-refractivity contribution in [2.75, 3.05) is 35.7 Å². The summed E-state index contributed by atoms with van der Waals surface area (Å²) >= 11 is 0. The highest BCUT2D eigenvalue weighted by Crippen LogP contribution is 2.34. The molecule has 0 bridgehead atoms. The number of anilines is 3. The third-order valence-corrected chi connectivity index (χ3v) is 7.19. The van der Waals surface area contributed by atoms with Crippen molar-refractivity contribution in [2.24, 2.45) is 0 Å². The molecule has 4 rings (SSSR count). The fourth-order valence-corrected chi connectivity index (χ4v) is 5.32. The molecule has 1 aliphatic rings. The van der Waals surface area contributed by atoms with Gasteiger partial charge in [0.15, 0.2) is 0 Å². The van der Waals surface area contributed by atoms with Crippen molar-refractivity contribution >= 4 is 33.1 Å². The first-order valence-corrected chi connectivity index (χ1v) is 11.9. The maximum Gasteiger partial charge on any atom is 0.323 e. The first kappa shape index (κ1) is 22.5. The molecule has 0 spiro atoms. The SMILES string of the molecule is COc1cc(NC(=O)Nc2ccc3c(c2)N(S(=O)(=O)c2ccccc2)CCC3)cc(OC)c1. The fraction of sp³-hybridized carbons (Fsp3) is 0.208. The summed E-state index contributed by atoms with van der Waals surface area (Å²) in [5.74, 6) is 1.08. The summed E-state index contributed by atoms with van der Waals surface area (Å²) in [6, 6.07) is 18.2. The van der Waals surface area contributed by atoms with Gasteiger partial charge in [-0.05, 0) is 42.7 Å². The number of carbonyl (C=O) groups excluding carboxylic acids is 1. The molecule has 2 amide bonds. The molecule has 0 saturated carbocycles. The second-order valence-corrected chi connectivity index (χ2v) is 9.38. The van der Waals surface area contributed by atoms with Gasteiger partial charge in [-0.2, -0.15) is 0 Å². The monoisotopic (exact) mass is 467 g/mol. The number of aryl methyl sites for hydroxylation is 1. The van der Waals surface area contributed by atoms with E-state index in [2.05, 4.69) is 10.6 Å². The lowest BCUT2D eigenvalue weighted by atomic mass is 10.0. The van der Waals surface area contributed by atoms with Crippen molar-refractivity contribution in [1.82, 2.24) is 0 Å². The molecule has 3 aromatic rings. The van der Waals surface area contributed by atoms with E-state index in [1.165, 1.54) is 18.5 Å². The number of nitrogens with zero attached hydrogens (tertiary/aromatic N) is 1. The maximum atomic E-state index is 13.2. The Balaban J connectivity index is 1.57. The van der Waals surface area contributed by atoms with Gasteiger partial charge in [0.25, 0.3) is 10.0 Å². The highest BCUT2D eigenvalue weighted by molar-refractivity contribution is 7.92. The normalized spacial score (nSPS) is 13.1. The third kappa shape index (κ3) is 4.88. The minimum absolute atomic E-state index is 0.237. The number of urea groups is 1. The van der Waals surface area contributed by atoms with Crippen LogP contribution in [0.25, 0.3) is 0 Å². The van der Waals surface area contributed by atoms with Crippen LogP contribution in [0.15, 0.2) is 71.6 Å². The lowest BCUT2D eigenvalue weighted by Gasteiger charge is -2.31. The summed E-state index contributed by atoms with van der Waals surface area (Å²) < 4.78 is 38.4. The van der Waals surface area contributed by atoms with E-state index in [-0.39, 0.29) is 4.90 Å². The quantitative estimate of drug-likeness (QED) is 0.557. The zero-order chi connectivity index (χ0) is 23.4. The number of amides is 2. The van der Waals surface area contributed by atoms with Crippen LogP contribution in [-0.2, 0) is 16.4 Å². The van der Waals surface area contributed by atoms with E-state index in [1.54, 1.807) is 60.7 Å². The minimum atomic E-state index is -3.71. The van der Waals surface area contributed by atoms with Crippen molar-refractivity contribution in [1.29, 1.82) is 0 Å². The molecule has 8 nitrogen and oxygen atoms in total. The van der Waals surface area contributed by atoms with Crippen molar-refractivity contribution in [3.8, 4) is 11.5 Å². The zero-order valence-electron chi connectivity index (χ0n) is 18.4. The Bertz CT molecular complexity index is 1240. The maximum absolute atomic E-state index is 13.2. The number of fused-ring (bicyclic) bond motifs is 1. The van der Waals surface area contributed by atoms with E-state index < -0.39 is 16.1 Å². The first-order valence-electron chi connectivity index (χ1n) is 10.4. The molecule has 0 aliphatic carbocycles. The van der Waals surface area contributed by atoms with Gasteiger partial charge in [-0.3, -0.25) is 4.31 Å². The number of carbonyl (C=O) groups is 1. The Morgan fingerprint density at radius 3 is 2.21 bits per heavy atom.